The van der Waals surface area contributed by atoms with Crippen LogP contribution in [-0.4, -0.2) is 29.4 Å². The van der Waals surface area contributed by atoms with E-state index in [1.54, 1.807) is 0 Å². The summed E-state index contributed by atoms with van der Waals surface area (Å²) in [5, 5.41) is 13.2. The molecule has 0 aliphatic carbocycles. The highest BCUT2D eigenvalue weighted by atomic mass is 16.4. The minimum absolute atomic E-state index is 0.199. The van der Waals surface area contributed by atoms with Gasteiger partial charge in [-0.05, 0) is 13.3 Å². The summed E-state index contributed by atoms with van der Waals surface area (Å²) in [6.45, 7) is 3.13. The van der Waals surface area contributed by atoms with Crippen molar-refractivity contribution in [1.82, 2.24) is 10.6 Å². The number of aliphatic carboxylic acids is 1. The Balaban J connectivity index is 4.00. The van der Waals surface area contributed by atoms with Crippen molar-refractivity contribution in [3.05, 3.63) is 11.8 Å². The van der Waals surface area contributed by atoms with E-state index in [0.717, 1.165) is 0 Å². The molecular weight excluding hydrogens is 212 g/mol. The van der Waals surface area contributed by atoms with Crippen LogP contribution in [0.5, 0.6) is 0 Å². The fraction of sp³-hybridized carbons (Fsp3) is 0.500. The summed E-state index contributed by atoms with van der Waals surface area (Å²) in [6, 6.07) is 0. The van der Waals surface area contributed by atoms with Gasteiger partial charge in [-0.2, -0.15) is 0 Å². The standard InChI is InChI=1S/C10H16N2O4/c1-3-5-8(13)11-6-9(14)12-7(4-2)10(15)16/h4H,3,5-6H2,1-2H3,(H,11,13)(H,12,14)(H,15,16)/b7-4-. The second-order valence-corrected chi connectivity index (χ2v) is 3.08. The van der Waals surface area contributed by atoms with Gasteiger partial charge in [0.05, 0.1) is 6.54 Å². The topological polar surface area (TPSA) is 95.5 Å². The summed E-state index contributed by atoms with van der Waals surface area (Å²) in [5.41, 5.74) is -0.199. The molecule has 90 valence electrons. The molecule has 16 heavy (non-hydrogen) atoms. The molecule has 3 N–H and O–H groups in total. The highest BCUT2D eigenvalue weighted by Gasteiger charge is 2.10. The number of carbonyl (C=O) groups excluding carboxylic acids is 2. The zero-order valence-corrected chi connectivity index (χ0v) is 9.37. The highest BCUT2D eigenvalue weighted by Crippen LogP contribution is 1.89. The molecule has 0 aliphatic rings. The first kappa shape index (κ1) is 14.2. The van der Waals surface area contributed by atoms with Crippen molar-refractivity contribution in [3.8, 4) is 0 Å². The molecule has 0 fully saturated rings. The molecule has 2 amide bonds. The summed E-state index contributed by atoms with van der Waals surface area (Å²) < 4.78 is 0. The molecule has 0 heterocycles. The van der Waals surface area contributed by atoms with Gasteiger partial charge in [-0.25, -0.2) is 4.79 Å². The number of allylic oxidation sites excluding steroid dienone is 1. The van der Waals surface area contributed by atoms with Crippen LogP contribution in [-0.2, 0) is 14.4 Å². The lowest BCUT2D eigenvalue weighted by Gasteiger charge is -2.06. The summed E-state index contributed by atoms with van der Waals surface area (Å²) in [7, 11) is 0. The maximum absolute atomic E-state index is 11.2. The molecule has 0 saturated carbocycles. The van der Waals surface area contributed by atoms with Gasteiger partial charge in [0.25, 0.3) is 0 Å². The second kappa shape index (κ2) is 7.44. The third kappa shape index (κ3) is 5.79. The lowest BCUT2D eigenvalue weighted by molar-refractivity contribution is -0.134. The van der Waals surface area contributed by atoms with Gasteiger partial charge in [-0.3, -0.25) is 9.59 Å². The predicted molar refractivity (Wildman–Crippen MR) is 57.5 cm³/mol. The molecule has 0 aromatic rings. The molecule has 0 spiro atoms. The third-order valence-electron chi connectivity index (χ3n) is 1.72. The zero-order chi connectivity index (χ0) is 12.6. The molecule has 0 unspecified atom stereocenters. The van der Waals surface area contributed by atoms with Crippen LogP contribution in [0.2, 0.25) is 0 Å². The number of rotatable bonds is 6. The molecular formula is C10H16N2O4. The number of amides is 2. The van der Waals surface area contributed by atoms with E-state index in [9.17, 15) is 14.4 Å². The maximum atomic E-state index is 11.2. The third-order valence-corrected chi connectivity index (χ3v) is 1.72. The molecule has 0 radical (unpaired) electrons. The summed E-state index contributed by atoms with van der Waals surface area (Å²) in [6.07, 6.45) is 2.32. The van der Waals surface area contributed by atoms with E-state index in [4.69, 9.17) is 5.11 Å². The molecule has 0 bridgehead atoms. The van der Waals surface area contributed by atoms with Crippen LogP contribution in [0.1, 0.15) is 26.7 Å². The van der Waals surface area contributed by atoms with Crippen molar-refractivity contribution in [2.75, 3.05) is 6.54 Å². The van der Waals surface area contributed by atoms with Crippen LogP contribution in [0.25, 0.3) is 0 Å². The summed E-state index contributed by atoms with van der Waals surface area (Å²) >= 11 is 0. The van der Waals surface area contributed by atoms with Gasteiger partial charge in [0.1, 0.15) is 5.70 Å². The smallest absolute Gasteiger partial charge is 0.352 e. The Hall–Kier alpha value is -1.85. The van der Waals surface area contributed by atoms with E-state index in [-0.39, 0.29) is 18.1 Å². The van der Waals surface area contributed by atoms with Gasteiger partial charge in [-0.1, -0.05) is 13.0 Å². The number of hydrogen-bond donors (Lipinski definition) is 3. The van der Waals surface area contributed by atoms with E-state index < -0.39 is 11.9 Å². The average molecular weight is 228 g/mol. The largest absolute Gasteiger partial charge is 0.477 e. The summed E-state index contributed by atoms with van der Waals surface area (Å²) in [4.78, 5) is 32.7. The van der Waals surface area contributed by atoms with Gasteiger partial charge < -0.3 is 15.7 Å². The lowest BCUT2D eigenvalue weighted by Crippen LogP contribution is -2.37. The number of carbonyl (C=O) groups is 3. The van der Waals surface area contributed by atoms with Crippen LogP contribution in [0, 0.1) is 0 Å². The minimum atomic E-state index is -1.21. The number of hydrogen-bond acceptors (Lipinski definition) is 3. The molecule has 0 aromatic carbocycles. The van der Waals surface area contributed by atoms with Gasteiger partial charge in [0.15, 0.2) is 0 Å². The molecule has 0 atom stereocenters. The average Bonchev–Trinajstić information content (AvgIpc) is 2.23. The number of carboxylic acid groups (broad SMARTS) is 1. The van der Waals surface area contributed by atoms with Crippen molar-refractivity contribution >= 4 is 17.8 Å². The van der Waals surface area contributed by atoms with Crippen molar-refractivity contribution in [2.24, 2.45) is 0 Å². The van der Waals surface area contributed by atoms with E-state index in [1.807, 2.05) is 6.92 Å². The van der Waals surface area contributed by atoms with Gasteiger partial charge >= 0.3 is 5.97 Å². The quantitative estimate of drug-likeness (QED) is 0.558. The van der Waals surface area contributed by atoms with Crippen molar-refractivity contribution in [1.29, 1.82) is 0 Å². The van der Waals surface area contributed by atoms with Crippen molar-refractivity contribution < 1.29 is 19.5 Å². The van der Waals surface area contributed by atoms with Crippen molar-refractivity contribution in [3.63, 3.8) is 0 Å². The SMILES string of the molecule is C/C=C(\NC(=O)CNC(=O)CCC)C(=O)O. The Morgan fingerprint density at radius 2 is 1.88 bits per heavy atom. The van der Waals surface area contributed by atoms with E-state index in [2.05, 4.69) is 10.6 Å². The monoisotopic (exact) mass is 228 g/mol. The van der Waals surface area contributed by atoms with Crippen LogP contribution in [0.15, 0.2) is 11.8 Å². The number of nitrogens with one attached hydrogen (secondary N) is 2. The molecule has 6 nitrogen and oxygen atoms in total. The molecule has 0 saturated heterocycles. The Morgan fingerprint density at radius 3 is 2.31 bits per heavy atom. The van der Waals surface area contributed by atoms with Gasteiger partial charge in [0.2, 0.25) is 11.8 Å². The molecule has 6 heteroatoms. The lowest BCUT2D eigenvalue weighted by atomic mass is 10.3. The first-order valence-corrected chi connectivity index (χ1v) is 4.97. The normalized spacial score (nSPS) is 10.8. The Kier molecular flexibility index (Phi) is 6.58. The first-order valence-electron chi connectivity index (χ1n) is 4.97. The van der Waals surface area contributed by atoms with Crippen LogP contribution < -0.4 is 10.6 Å². The Morgan fingerprint density at radius 1 is 1.25 bits per heavy atom. The Bertz CT molecular complexity index is 310. The second-order valence-electron chi connectivity index (χ2n) is 3.08. The van der Waals surface area contributed by atoms with E-state index in [0.29, 0.717) is 12.8 Å². The zero-order valence-electron chi connectivity index (χ0n) is 9.37. The van der Waals surface area contributed by atoms with Crippen LogP contribution in [0.4, 0.5) is 0 Å². The maximum Gasteiger partial charge on any atom is 0.352 e. The first-order chi connectivity index (χ1) is 7.51. The van der Waals surface area contributed by atoms with Crippen LogP contribution >= 0.6 is 0 Å². The van der Waals surface area contributed by atoms with Crippen molar-refractivity contribution in [2.45, 2.75) is 26.7 Å². The van der Waals surface area contributed by atoms with Gasteiger partial charge in [-0.15, -0.1) is 0 Å². The van der Waals surface area contributed by atoms with Gasteiger partial charge in [0, 0.05) is 6.42 Å². The fourth-order valence-electron chi connectivity index (χ4n) is 0.938. The van der Waals surface area contributed by atoms with E-state index in [1.165, 1.54) is 13.0 Å². The predicted octanol–water partition coefficient (Wildman–Crippen LogP) is 0.00730. The number of carboxylic acids is 1. The summed E-state index contributed by atoms with van der Waals surface area (Å²) in [5.74, 6) is -1.99. The van der Waals surface area contributed by atoms with Crippen LogP contribution in [0.3, 0.4) is 0 Å². The highest BCUT2D eigenvalue weighted by molar-refractivity contribution is 5.94. The minimum Gasteiger partial charge on any atom is -0.477 e. The fourth-order valence-corrected chi connectivity index (χ4v) is 0.938. The molecule has 0 rings (SSSR count). The van der Waals surface area contributed by atoms with E-state index >= 15 is 0 Å². The Labute approximate surface area is 93.7 Å². The molecule has 0 aromatic heterocycles. The molecule has 0 aliphatic heterocycles.